The number of aromatic nitrogens is 2. The fraction of sp³-hybridized carbons (Fsp3) is 0.389. The second-order valence-corrected chi connectivity index (χ2v) is 8.29. The van der Waals surface area contributed by atoms with E-state index in [0.717, 1.165) is 19.3 Å². The lowest BCUT2D eigenvalue weighted by Gasteiger charge is -2.25. The lowest BCUT2D eigenvalue weighted by Crippen LogP contribution is -2.35. The molecule has 1 fully saturated rings. The number of carbonyl (C=O) groups excluding carboxylic acids is 1. The summed E-state index contributed by atoms with van der Waals surface area (Å²) < 4.78 is 28.1. The summed E-state index contributed by atoms with van der Waals surface area (Å²) in [6.45, 7) is 1.65. The molecule has 3 rings (SSSR count). The van der Waals surface area contributed by atoms with Crippen LogP contribution in [0.1, 0.15) is 29.6 Å². The maximum atomic E-state index is 12.6. The summed E-state index contributed by atoms with van der Waals surface area (Å²) in [6.07, 6.45) is 5.63. The molecule has 2 heterocycles. The highest BCUT2D eigenvalue weighted by Gasteiger charge is 2.25. The van der Waals surface area contributed by atoms with E-state index in [0.29, 0.717) is 25.2 Å². The summed E-state index contributed by atoms with van der Waals surface area (Å²) in [6, 6.07) is 7.28. The topological polar surface area (TPSA) is 101 Å². The Morgan fingerprint density at radius 1 is 1.07 bits per heavy atom. The Balaban J connectivity index is 1.60. The molecule has 0 atom stereocenters. The van der Waals surface area contributed by atoms with Gasteiger partial charge in [-0.1, -0.05) is 6.42 Å². The minimum absolute atomic E-state index is 0.188. The van der Waals surface area contributed by atoms with Crippen molar-refractivity contribution in [3.05, 3.63) is 58.8 Å². The first-order valence-corrected chi connectivity index (χ1v) is 10.3. The highest BCUT2D eigenvalue weighted by molar-refractivity contribution is 7.89. The summed E-state index contributed by atoms with van der Waals surface area (Å²) >= 11 is 0. The molecule has 9 heteroatoms. The van der Waals surface area contributed by atoms with Crippen LogP contribution in [0.5, 0.6) is 0 Å². The zero-order valence-electron chi connectivity index (χ0n) is 14.9. The summed E-state index contributed by atoms with van der Waals surface area (Å²) in [7, 11) is -3.51. The fourth-order valence-electron chi connectivity index (χ4n) is 2.97. The summed E-state index contributed by atoms with van der Waals surface area (Å²) in [5.41, 5.74) is 0.178. The zero-order chi connectivity index (χ0) is 19.3. The van der Waals surface area contributed by atoms with Gasteiger partial charge in [-0.15, -0.1) is 0 Å². The second-order valence-electron chi connectivity index (χ2n) is 6.36. The molecule has 1 amide bonds. The van der Waals surface area contributed by atoms with Crippen LogP contribution in [0.2, 0.25) is 0 Å². The van der Waals surface area contributed by atoms with Crippen molar-refractivity contribution in [3.8, 4) is 0 Å². The van der Waals surface area contributed by atoms with Gasteiger partial charge in [-0.25, -0.2) is 13.4 Å². The van der Waals surface area contributed by atoms with Gasteiger partial charge in [0.15, 0.2) is 0 Å². The minimum atomic E-state index is -3.51. The van der Waals surface area contributed by atoms with Crippen molar-refractivity contribution in [2.75, 3.05) is 19.6 Å². The molecule has 0 radical (unpaired) electrons. The normalized spacial score (nSPS) is 15.4. The van der Waals surface area contributed by atoms with E-state index in [-0.39, 0.29) is 22.9 Å². The Morgan fingerprint density at radius 2 is 1.78 bits per heavy atom. The van der Waals surface area contributed by atoms with E-state index in [1.807, 2.05) is 0 Å². The van der Waals surface area contributed by atoms with E-state index < -0.39 is 10.0 Å². The predicted octanol–water partition coefficient (Wildman–Crippen LogP) is 0.848. The smallest absolute Gasteiger partial charge is 0.253 e. The zero-order valence-corrected chi connectivity index (χ0v) is 15.7. The van der Waals surface area contributed by atoms with Gasteiger partial charge in [-0.2, -0.15) is 4.31 Å². The van der Waals surface area contributed by atoms with E-state index in [2.05, 4.69) is 10.3 Å². The Hall–Kier alpha value is -2.52. The van der Waals surface area contributed by atoms with Crippen molar-refractivity contribution in [1.82, 2.24) is 19.2 Å². The van der Waals surface area contributed by atoms with E-state index in [4.69, 9.17) is 0 Å². The van der Waals surface area contributed by atoms with E-state index in [1.165, 1.54) is 51.7 Å². The molecule has 1 aromatic carbocycles. The highest BCUT2D eigenvalue weighted by Crippen LogP contribution is 2.20. The number of piperidine rings is 1. The predicted molar refractivity (Wildman–Crippen MR) is 99.9 cm³/mol. The van der Waals surface area contributed by atoms with Gasteiger partial charge in [0, 0.05) is 44.0 Å². The highest BCUT2D eigenvalue weighted by atomic mass is 32.2. The summed E-state index contributed by atoms with van der Waals surface area (Å²) in [5.74, 6) is -0.325. The van der Waals surface area contributed by atoms with Crippen LogP contribution in [0.4, 0.5) is 0 Å². The Labute approximate surface area is 157 Å². The molecule has 8 nitrogen and oxygen atoms in total. The van der Waals surface area contributed by atoms with Crippen LogP contribution in [-0.4, -0.2) is 47.8 Å². The SMILES string of the molecule is O=C(NCCn1cnccc1=O)c1ccc(S(=O)(=O)N2CCCCC2)cc1. The van der Waals surface area contributed by atoms with Crippen LogP contribution in [0.15, 0.2) is 52.5 Å². The van der Waals surface area contributed by atoms with Gasteiger partial charge in [-0.3, -0.25) is 14.2 Å². The maximum absolute atomic E-state index is 12.6. The van der Waals surface area contributed by atoms with Crippen LogP contribution in [0, 0.1) is 0 Å². The van der Waals surface area contributed by atoms with Crippen molar-refractivity contribution in [3.63, 3.8) is 0 Å². The lowest BCUT2D eigenvalue weighted by atomic mass is 10.2. The van der Waals surface area contributed by atoms with Gasteiger partial charge in [0.1, 0.15) is 0 Å². The lowest BCUT2D eigenvalue weighted by molar-refractivity contribution is 0.0952. The van der Waals surface area contributed by atoms with Crippen LogP contribution in [0.25, 0.3) is 0 Å². The van der Waals surface area contributed by atoms with Crippen molar-refractivity contribution in [1.29, 1.82) is 0 Å². The molecule has 1 N–H and O–H groups in total. The molecule has 144 valence electrons. The number of nitrogens with one attached hydrogen (secondary N) is 1. The summed E-state index contributed by atoms with van der Waals surface area (Å²) in [4.78, 5) is 27.8. The molecular weight excluding hydrogens is 368 g/mol. The second kappa shape index (κ2) is 8.45. The molecule has 1 aliphatic heterocycles. The van der Waals surface area contributed by atoms with Crippen LogP contribution in [-0.2, 0) is 16.6 Å². The quantitative estimate of drug-likeness (QED) is 0.788. The maximum Gasteiger partial charge on any atom is 0.253 e. The average molecular weight is 390 g/mol. The van der Waals surface area contributed by atoms with Gasteiger partial charge in [0.25, 0.3) is 11.5 Å². The number of hydrogen-bond donors (Lipinski definition) is 1. The Bertz CT molecular complexity index is 948. The monoisotopic (exact) mass is 390 g/mol. The number of nitrogens with zero attached hydrogens (tertiary/aromatic N) is 3. The fourth-order valence-corrected chi connectivity index (χ4v) is 4.49. The third-order valence-electron chi connectivity index (χ3n) is 4.50. The molecule has 0 saturated carbocycles. The standard InChI is InChI=1S/C18H22N4O4S/c23-17-8-9-19-14-21(17)13-10-20-18(24)15-4-6-16(7-5-15)27(25,26)22-11-2-1-3-12-22/h4-9,14H,1-3,10-13H2,(H,20,24). The van der Waals surface area contributed by atoms with Crippen LogP contribution < -0.4 is 10.9 Å². The minimum Gasteiger partial charge on any atom is -0.350 e. The van der Waals surface area contributed by atoms with Gasteiger partial charge in [0.2, 0.25) is 10.0 Å². The number of amides is 1. The van der Waals surface area contributed by atoms with Gasteiger partial charge in [0.05, 0.1) is 11.2 Å². The van der Waals surface area contributed by atoms with Gasteiger partial charge < -0.3 is 5.32 Å². The van der Waals surface area contributed by atoms with E-state index >= 15 is 0 Å². The number of benzene rings is 1. The first kappa shape index (κ1) is 19.2. The number of sulfonamides is 1. The van der Waals surface area contributed by atoms with Crippen LogP contribution in [0.3, 0.4) is 0 Å². The molecule has 1 aromatic heterocycles. The third-order valence-corrected chi connectivity index (χ3v) is 6.41. The molecular formula is C18H22N4O4S. The molecule has 0 bridgehead atoms. The largest absolute Gasteiger partial charge is 0.350 e. The number of carbonyl (C=O) groups is 1. The van der Waals surface area contributed by atoms with E-state index in [9.17, 15) is 18.0 Å². The molecule has 2 aromatic rings. The molecule has 0 unspecified atom stereocenters. The van der Waals surface area contributed by atoms with Crippen molar-refractivity contribution >= 4 is 15.9 Å². The van der Waals surface area contributed by atoms with Gasteiger partial charge >= 0.3 is 0 Å². The summed E-state index contributed by atoms with van der Waals surface area (Å²) in [5, 5.41) is 2.71. The van der Waals surface area contributed by atoms with E-state index in [1.54, 1.807) is 0 Å². The Kier molecular flexibility index (Phi) is 6.02. The number of hydrogen-bond acceptors (Lipinski definition) is 5. The molecule has 27 heavy (non-hydrogen) atoms. The molecule has 1 saturated heterocycles. The van der Waals surface area contributed by atoms with Crippen molar-refractivity contribution in [2.45, 2.75) is 30.7 Å². The Morgan fingerprint density at radius 3 is 2.44 bits per heavy atom. The number of rotatable bonds is 6. The molecule has 1 aliphatic rings. The molecule has 0 spiro atoms. The molecule has 0 aliphatic carbocycles. The van der Waals surface area contributed by atoms with Crippen molar-refractivity contribution in [2.24, 2.45) is 0 Å². The van der Waals surface area contributed by atoms with Gasteiger partial charge in [-0.05, 0) is 37.1 Å². The van der Waals surface area contributed by atoms with Crippen LogP contribution >= 0.6 is 0 Å². The van der Waals surface area contributed by atoms with Crippen molar-refractivity contribution < 1.29 is 13.2 Å². The first-order valence-electron chi connectivity index (χ1n) is 8.87. The first-order chi connectivity index (χ1) is 13.0. The average Bonchev–Trinajstić information content (AvgIpc) is 2.70. The third kappa shape index (κ3) is 4.61.